The van der Waals surface area contributed by atoms with Crippen molar-refractivity contribution >= 4 is 0 Å². The second-order valence-electron chi connectivity index (χ2n) is 9.90. The summed E-state index contributed by atoms with van der Waals surface area (Å²) in [6, 6.07) is 7.47. The van der Waals surface area contributed by atoms with E-state index in [-0.39, 0.29) is 23.7 Å². The molecule has 4 atom stereocenters. The Balaban J connectivity index is 1.44. The van der Waals surface area contributed by atoms with Gasteiger partial charge in [-0.25, -0.2) is 13.2 Å². The van der Waals surface area contributed by atoms with Gasteiger partial charge in [-0.1, -0.05) is 43.1 Å². The summed E-state index contributed by atoms with van der Waals surface area (Å²) in [4.78, 5) is 0. The molecule has 0 N–H and O–H groups in total. The molecule has 2 aliphatic rings. The molecule has 4 heteroatoms. The van der Waals surface area contributed by atoms with E-state index in [0.29, 0.717) is 23.1 Å². The van der Waals surface area contributed by atoms with Crippen LogP contribution in [0.5, 0.6) is 5.75 Å². The van der Waals surface area contributed by atoms with E-state index < -0.39 is 17.5 Å². The Kier molecular flexibility index (Phi) is 8.39. The van der Waals surface area contributed by atoms with Gasteiger partial charge < -0.3 is 4.74 Å². The molecular formula is C31H33F3O. The summed E-state index contributed by atoms with van der Waals surface area (Å²) in [6.45, 7) is 7.65. The molecule has 0 aliphatic heterocycles. The van der Waals surface area contributed by atoms with Gasteiger partial charge in [0.25, 0.3) is 0 Å². The first-order valence-corrected chi connectivity index (χ1v) is 12.6. The van der Waals surface area contributed by atoms with Gasteiger partial charge >= 0.3 is 0 Å². The SMILES string of the molecule is C=CCCC1CCC2CC(c3ccc(C#Cc4ccc(OCC=C)cc4F)c(F)c3F)CCC2C1. The highest BCUT2D eigenvalue weighted by molar-refractivity contribution is 5.47. The summed E-state index contributed by atoms with van der Waals surface area (Å²) < 4.78 is 49.6. The van der Waals surface area contributed by atoms with Crippen molar-refractivity contribution in [1.29, 1.82) is 0 Å². The maximum Gasteiger partial charge on any atom is 0.174 e. The van der Waals surface area contributed by atoms with Crippen LogP contribution in [0, 0.1) is 47.0 Å². The summed E-state index contributed by atoms with van der Waals surface area (Å²) in [5, 5.41) is 0. The average molecular weight is 479 g/mol. The van der Waals surface area contributed by atoms with Crippen LogP contribution in [0.2, 0.25) is 0 Å². The molecule has 0 bridgehead atoms. The van der Waals surface area contributed by atoms with Crippen molar-refractivity contribution in [3.8, 4) is 17.6 Å². The molecule has 2 aliphatic carbocycles. The highest BCUT2D eigenvalue weighted by Crippen LogP contribution is 2.48. The molecule has 35 heavy (non-hydrogen) atoms. The standard InChI is InChI=1S/C31H33F3O/c1-3-5-6-21-7-8-25-19-26(12-11-24(25)18-21)28-16-14-23(30(33)31(28)34)10-9-22-13-15-27(20-29(22)32)35-17-4-2/h3-4,13-16,20-21,24-26H,1-2,5-8,11-12,17-19H2. The molecular weight excluding hydrogens is 445 g/mol. The molecule has 2 aromatic carbocycles. The third-order valence-electron chi connectivity index (χ3n) is 7.69. The highest BCUT2D eigenvalue weighted by Gasteiger charge is 2.36. The lowest BCUT2D eigenvalue weighted by Crippen LogP contribution is -2.30. The molecule has 2 fully saturated rings. The van der Waals surface area contributed by atoms with Crippen LogP contribution < -0.4 is 4.74 Å². The summed E-state index contributed by atoms with van der Waals surface area (Å²) in [5.74, 6) is 5.36. The Hall–Kier alpha value is -2.93. The van der Waals surface area contributed by atoms with Gasteiger partial charge in [0.05, 0.1) is 11.1 Å². The zero-order chi connectivity index (χ0) is 24.8. The zero-order valence-corrected chi connectivity index (χ0v) is 20.2. The molecule has 0 spiro atoms. The maximum absolute atomic E-state index is 15.1. The molecule has 2 aromatic rings. The Bertz CT molecular complexity index is 1130. The minimum absolute atomic E-state index is 0.0399. The second-order valence-corrected chi connectivity index (χ2v) is 9.90. The average Bonchev–Trinajstić information content (AvgIpc) is 2.87. The van der Waals surface area contributed by atoms with E-state index in [2.05, 4.69) is 25.0 Å². The lowest BCUT2D eigenvalue weighted by atomic mass is 9.63. The van der Waals surface area contributed by atoms with E-state index in [1.807, 2.05) is 6.08 Å². The number of hydrogen-bond donors (Lipinski definition) is 0. The van der Waals surface area contributed by atoms with E-state index in [4.69, 9.17) is 4.74 Å². The fourth-order valence-corrected chi connectivity index (χ4v) is 5.84. The molecule has 2 saturated carbocycles. The molecule has 0 saturated heterocycles. The van der Waals surface area contributed by atoms with E-state index in [9.17, 15) is 8.78 Å². The number of fused-ring (bicyclic) bond motifs is 1. The molecule has 0 heterocycles. The first kappa shape index (κ1) is 25.2. The second kappa shape index (κ2) is 11.7. The molecule has 1 nitrogen and oxygen atoms in total. The van der Waals surface area contributed by atoms with Gasteiger partial charge in [0.2, 0.25) is 0 Å². The number of hydrogen-bond acceptors (Lipinski definition) is 1. The Labute approximate surface area is 207 Å². The Morgan fingerprint density at radius 3 is 2.37 bits per heavy atom. The smallest absolute Gasteiger partial charge is 0.174 e. The van der Waals surface area contributed by atoms with Crippen molar-refractivity contribution in [3.63, 3.8) is 0 Å². The predicted molar refractivity (Wildman–Crippen MR) is 135 cm³/mol. The lowest BCUT2D eigenvalue weighted by molar-refractivity contribution is 0.114. The number of ether oxygens (including phenoxy) is 1. The largest absolute Gasteiger partial charge is 0.489 e. The minimum atomic E-state index is -0.948. The minimum Gasteiger partial charge on any atom is -0.489 e. The Morgan fingerprint density at radius 2 is 1.60 bits per heavy atom. The quantitative estimate of drug-likeness (QED) is 0.287. The Morgan fingerprint density at radius 1 is 0.857 bits per heavy atom. The van der Waals surface area contributed by atoms with Crippen LogP contribution in [0.1, 0.15) is 74.0 Å². The van der Waals surface area contributed by atoms with E-state index >= 15 is 4.39 Å². The monoisotopic (exact) mass is 478 g/mol. The van der Waals surface area contributed by atoms with Gasteiger partial charge in [0, 0.05) is 6.07 Å². The van der Waals surface area contributed by atoms with Crippen LogP contribution in [0.3, 0.4) is 0 Å². The molecule has 4 rings (SSSR count). The molecule has 184 valence electrons. The zero-order valence-electron chi connectivity index (χ0n) is 20.2. The third kappa shape index (κ3) is 6.01. The predicted octanol–water partition coefficient (Wildman–Crippen LogP) is 8.33. The van der Waals surface area contributed by atoms with Crippen molar-refractivity contribution < 1.29 is 17.9 Å². The van der Waals surface area contributed by atoms with Gasteiger partial charge in [0.15, 0.2) is 11.6 Å². The normalized spacial score (nSPS) is 23.5. The first-order valence-electron chi connectivity index (χ1n) is 12.6. The van der Waals surface area contributed by atoms with Crippen LogP contribution in [0.15, 0.2) is 55.6 Å². The van der Waals surface area contributed by atoms with Gasteiger partial charge in [-0.3, -0.25) is 0 Å². The number of halogens is 3. The van der Waals surface area contributed by atoms with Crippen molar-refractivity contribution in [2.45, 2.75) is 57.3 Å². The van der Waals surface area contributed by atoms with Crippen molar-refractivity contribution in [2.24, 2.45) is 17.8 Å². The maximum atomic E-state index is 15.1. The third-order valence-corrected chi connectivity index (χ3v) is 7.69. The van der Waals surface area contributed by atoms with Crippen molar-refractivity contribution in [3.05, 3.63) is 89.8 Å². The topological polar surface area (TPSA) is 9.23 Å². The van der Waals surface area contributed by atoms with Crippen LogP contribution in [0.4, 0.5) is 13.2 Å². The van der Waals surface area contributed by atoms with Gasteiger partial charge in [-0.05, 0) is 92.4 Å². The van der Waals surface area contributed by atoms with Crippen molar-refractivity contribution in [2.75, 3.05) is 6.61 Å². The van der Waals surface area contributed by atoms with Crippen LogP contribution in [-0.2, 0) is 0 Å². The van der Waals surface area contributed by atoms with E-state index in [1.54, 1.807) is 18.2 Å². The molecule has 4 unspecified atom stereocenters. The number of allylic oxidation sites excluding steroid dienone is 1. The number of benzene rings is 2. The van der Waals surface area contributed by atoms with E-state index in [0.717, 1.165) is 31.6 Å². The fourth-order valence-electron chi connectivity index (χ4n) is 5.84. The van der Waals surface area contributed by atoms with Gasteiger partial charge in [-0.15, -0.1) is 6.58 Å². The van der Waals surface area contributed by atoms with Gasteiger partial charge in [0.1, 0.15) is 18.2 Å². The lowest BCUT2D eigenvalue weighted by Gasteiger charge is -2.42. The highest BCUT2D eigenvalue weighted by atomic mass is 19.2. The molecule has 0 radical (unpaired) electrons. The van der Waals surface area contributed by atoms with Crippen molar-refractivity contribution in [1.82, 2.24) is 0 Å². The van der Waals surface area contributed by atoms with E-state index in [1.165, 1.54) is 43.9 Å². The first-order chi connectivity index (χ1) is 17.0. The summed E-state index contributed by atoms with van der Waals surface area (Å²) >= 11 is 0. The fraction of sp³-hybridized carbons (Fsp3) is 0.419. The number of rotatable bonds is 7. The van der Waals surface area contributed by atoms with Crippen LogP contribution in [0.25, 0.3) is 0 Å². The summed E-state index contributed by atoms with van der Waals surface area (Å²) in [5.41, 5.74) is 0.492. The van der Waals surface area contributed by atoms with Crippen LogP contribution >= 0.6 is 0 Å². The summed E-state index contributed by atoms with van der Waals surface area (Å²) in [6.07, 6.45) is 12.4. The van der Waals surface area contributed by atoms with Gasteiger partial charge in [-0.2, -0.15) is 0 Å². The van der Waals surface area contributed by atoms with Crippen LogP contribution in [-0.4, -0.2) is 6.61 Å². The summed E-state index contributed by atoms with van der Waals surface area (Å²) in [7, 11) is 0. The molecule has 0 aromatic heterocycles. The molecule has 0 amide bonds.